The first-order valence-electron chi connectivity index (χ1n) is 11.6. The Morgan fingerprint density at radius 1 is 1.20 bits per heavy atom. The first-order valence-corrected chi connectivity index (χ1v) is 11.6. The zero-order chi connectivity index (χ0) is 29.4. The lowest BCUT2D eigenvalue weighted by Crippen LogP contribution is -2.41. The Kier molecular flexibility index (Phi) is 7.61. The van der Waals surface area contributed by atoms with E-state index in [1.54, 1.807) is 0 Å². The molecule has 212 valence electrons. The summed E-state index contributed by atoms with van der Waals surface area (Å²) in [6, 6.07) is 2.11. The topological polar surface area (TPSA) is 178 Å². The van der Waals surface area contributed by atoms with Gasteiger partial charge < -0.3 is 27.2 Å². The number of nitrogens with zero attached hydrogens (tertiary/aromatic N) is 3. The van der Waals surface area contributed by atoms with E-state index in [1.807, 2.05) is 0 Å². The third-order valence-corrected chi connectivity index (χ3v) is 6.25. The highest BCUT2D eigenvalue weighted by Gasteiger charge is 2.38. The summed E-state index contributed by atoms with van der Waals surface area (Å²) in [5.74, 6) is -6.52. The van der Waals surface area contributed by atoms with Gasteiger partial charge in [-0.2, -0.15) is 18.3 Å². The number of aliphatic imine (C=N–C) groups is 1. The molecule has 0 fully saturated rings. The van der Waals surface area contributed by atoms with E-state index in [-0.39, 0.29) is 41.2 Å². The second kappa shape index (κ2) is 10.8. The summed E-state index contributed by atoms with van der Waals surface area (Å²) in [5.41, 5.74) is 9.10. The fraction of sp³-hybridized carbons (Fsp3) is 0.292. The van der Waals surface area contributed by atoms with Crippen LogP contribution in [-0.2, 0) is 15.8 Å². The van der Waals surface area contributed by atoms with Crippen molar-refractivity contribution in [3.8, 4) is 0 Å². The van der Waals surface area contributed by atoms with Crippen LogP contribution < -0.4 is 22.1 Å². The maximum Gasteiger partial charge on any atom is 0.416 e. The normalized spacial score (nSPS) is 17.0. The molecular weight excluding hydrogens is 545 g/mol. The molecule has 0 saturated carbocycles. The molecule has 3 aromatic rings. The number of alkyl halides is 4. The monoisotopic (exact) mass is 567 g/mol. The molecule has 0 aliphatic carbocycles. The van der Waals surface area contributed by atoms with Gasteiger partial charge in [0, 0.05) is 16.9 Å². The SMILES string of the molecule is NC(=O)c1cc(NC2=NCC(F)CN2)c2cnn(C(C(N)=O)[C@@H](CC(=O)O)c3cc(C(F)(F)F)ccc3F)c2c1. The number of aliphatic carboxylic acids is 1. The zero-order valence-corrected chi connectivity index (χ0v) is 20.4. The predicted octanol–water partition coefficient (Wildman–Crippen LogP) is 2.29. The molecule has 4 rings (SSSR count). The maximum atomic E-state index is 14.9. The third-order valence-electron chi connectivity index (χ3n) is 6.25. The summed E-state index contributed by atoms with van der Waals surface area (Å²) < 4.78 is 69.5. The summed E-state index contributed by atoms with van der Waals surface area (Å²) in [6.07, 6.45) is -5.91. The average Bonchev–Trinajstić information content (AvgIpc) is 3.28. The smallest absolute Gasteiger partial charge is 0.416 e. The highest BCUT2D eigenvalue weighted by molar-refractivity contribution is 6.07. The van der Waals surface area contributed by atoms with Crippen LogP contribution in [0.4, 0.5) is 27.6 Å². The Bertz CT molecular complexity index is 1520. The number of hydrogen-bond acceptors (Lipinski definition) is 7. The minimum atomic E-state index is -4.90. The minimum Gasteiger partial charge on any atom is -0.481 e. The number of rotatable bonds is 8. The molecule has 0 bridgehead atoms. The number of carboxylic acids is 1. The third kappa shape index (κ3) is 5.79. The number of anilines is 1. The number of benzene rings is 2. The molecule has 2 heterocycles. The van der Waals surface area contributed by atoms with Crippen molar-refractivity contribution in [1.82, 2.24) is 15.1 Å². The number of primary amides is 2. The van der Waals surface area contributed by atoms with Crippen LogP contribution in [-0.4, -0.2) is 57.9 Å². The Morgan fingerprint density at radius 2 is 1.93 bits per heavy atom. The van der Waals surface area contributed by atoms with Crippen LogP contribution >= 0.6 is 0 Å². The van der Waals surface area contributed by atoms with Gasteiger partial charge in [0.25, 0.3) is 0 Å². The summed E-state index contributed by atoms with van der Waals surface area (Å²) >= 11 is 0. The number of halogens is 5. The molecule has 1 aliphatic rings. The fourth-order valence-corrected chi connectivity index (χ4v) is 4.42. The van der Waals surface area contributed by atoms with Gasteiger partial charge >= 0.3 is 12.1 Å². The molecule has 40 heavy (non-hydrogen) atoms. The molecule has 0 saturated heterocycles. The number of nitrogens with two attached hydrogens (primary N) is 2. The van der Waals surface area contributed by atoms with Gasteiger partial charge in [-0.3, -0.25) is 19.1 Å². The Balaban J connectivity index is 1.90. The molecule has 3 atom stereocenters. The van der Waals surface area contributed by atoms with Crippen molar-refractivity contribution in [3.05, 3.63) is 59.0 Å². The van der Waals surface area contributed by atoms with Gasteiger partial charge in [0.2, 0.25) is 11.8 Å². The molecule has 11 nitrogen and oxygen atoms in total. The van der Waals surface area contributed by atoms with E-state index in [0.717, 1.165) is 4.68 Å². The van der Waals surface area contributed by atoms with Crippen molar-refractivity contribution in [3.63, 3.8) is 0 Å². The van der Waals surface area contributed by atoms with E-state index in [2.05, 4.69) is 20.7 Å². The second-order valence-corrected chi connectivity index (χ2v) is 8.99. The molecule has 2 unspecified atom stereocenters. The predicted molar refractivity (Wildman–Crippen MR) is 132 cm³/mol. The number of carbonyl (C=O) groups is 3. The van der Waals surface area contributed by atoms with Crippen LogP contribution in [0, 0.1) is 5.82 Å². The number of amides is 2. The standard InChI is InChI=1S/C24H22F5N7O4/c25-12-7-32-23(33-8-12)35-17-3-10(21(30)39)4-18-15(17)9-34-36(18)20(22(31)40)14(6-19(37)38)13-5-11(24(27,28)29)1-2-16(13)26/h1-5,9,12,14,20H,6-8H2,(H2,30,39)(H2,31,40)(H,37,38)(H2,32,33,35)/t14-,20?/m0/s1. The van der Waals surface area contributed by atoms with Crippen molar-refractivity contribution >= 4 is 40.3 Å². The Hall–Kier alpha value is -4.76. The molecule has 16 heteroatoms. The van der Waals surface area contributed by atoms with Crippen LogP contribution in [0.2, 0.25) is 0 Å². The van der Waals surface area contributed by atoms with Gasteiger partial charge in [0.15, 0.2) is 5.96 Å². The van der Waals surface area contributed by atoms with Gasteiger partial charge in [0.1, 0.15) is 18.0 Å². The minimum absolute atomic E-state index is 0.00912. The van der Waals surface area contributed by atoms with Gasteiger partial charge in [-0.25, -0.2) is 13.8 Å². The lowest BCUT2D eigenvalue weighted by atomic mass is 9.86. The quantitative estimate of drug-likeness (QED) is 0.259. The molecule has 2 aromatic carbocycles. The van der Waals surface area contributed by atoms with Crippen LogP contribution in [0.25, 0.3) is 10.9 Å². The summed E-state index contributed by atoms with van der Waals surface area (Å²) in [7, 11) is 0. The Labute approximate surface area is 222 Å². The molecule has 0 radical (unpaired) electrons. The van der Waals surface area contributed by atoms with Gasteiger partial charge in [-0.1, -0.05) is 0 Å². The molecule has 1 aliphatic heterocycles. The fourth-order valence-electron chi connectivity index (χ4n) is 4.42. The molecular formula is C24H22F5N7O4. The van der Waals surface area contributed by atoms with E-state index in [4.69, 9.17) is 11.5 Å². The van der Waals surface area contributed by atoms with Crippen LogP contribution in [0.5, 0.6) is 0 Å². The van der Waals surface area contributed by atoms with Gasteiger partial charge in [0.05, 0.1) is 42.5 Å². The Morgan fingerprint density at radius 3 is 2.50 bits per heavy atom. The van der Waals surface area contributed by atoms with E-state index in [1.165, 1.54) is 18.3 Å². The first-order chi connectivity index (χ1) is 18.8. The molecule has 2 amide bonds. The van der Waals surface area contributed by atoms with Gasteiger partial charge in [-0.05, 0) is 35.9 Å². The van der Waals surface area contributed by atoms with Crippen molar-refractivity contribution in [2.45, 2.75) is 30.7 Å². The highest BCUT2D eigenvalue weighted by Crippen LogP contribution is 2.39. The van der Waals surface area contributed by atoms with Crippen molar-refractivity contribution in [2.75, 3.05) is 18.4 Å². The van der Waals surface area contributed by atoms with Crippen molar-refractivity contribution < 1.29 is 41.4 Å². The van der Waals surface area contributed by atoms with Gasteiger partial charge in [-0.15, -0.1) is 0 Å². The number of nitrogens with one attached hydrogen (secondary N) is 2. The highest BCUT2D eigenvalue weighted by atomic mass is 19.4. The van der Waals surface area contributed by atoms with E-state index < -0.39 is 65.5 Å². The maximum absolute atomic E-state index is 14.9. The van der Waals surface area contributed by atoms with Crippen LogP contribution in [0.3, 0.4) is 0 Å². The molecule has 1 aromatic heterocycles. The lowest BCUT2D eigenvalue weighted by molar-refractivity contribution is -0.138. The number of fused-ring (bicyclic) bond motifs is 1. The largest absolute Gasteiger partial charge is 0.481 e. The number of carbonyl (C=O) groups excluding carboxylic acids is 2. The first kappa shape index (κ1) is 28.3. The number of carboxylic acid groups (broad SMARTS) is 1. The number of aromatic nitrogens is 2. The summed E-state index contributed by atoms with van der Waals surface area (Å²) in [4.78, 5) is 40.6. The molecule has 7 N–H and O–H groups in total. The number of hydrogen-bond donors (Lipinski definition) is 5. The van der Waals surface area contributed by atoms with Crippen molar-refractivity contribution in [2.24, 2.45) is 16.5 Å². The van der Waals surface area contributed by atoms with Crippen molar-refractivity contribution in [1.29, 1.82) is 0 Å². The summed E-state index contributed by atoms with van der Waals surface area (Å²) in [5, 5.41) is 19.4. The van der Waals surface area contributed by atoms with E-state index in [9.17, 15) is 41.4 Å². The molecule has 0 spiro atoms. The van der Waals surface area contributed by atoms with Crippen LogP contribution in [0.1, 0.15) is 39.9 Å². The lowest BCUT2D eigenvalue weighted by Gasteiger charge is -2.26. The van der Waals surface area contributed by atoms with Crippen LogP contribution in [0.15, 0.2) is 41.5 Å². The zero-order valence-electron chi connectivity index (χ0n) is 20.4. The average molecular weight is 567 g/mol. The second-order valence-electron chi connectivity index (χ2n) is 8.99. The number of guanidine groups is 1. The summed E-state index contributed by atoms with van der Waals surface area (Å²) in [6.45, 7) is -0.191. The van der Waals surface area contributed by atoms with E-state index >= 15 is 0 Å². The van der Waals surface area contributed by atoms with E-state index in [0.29, 0.717) is 18.2 Å².